The minimum Gasteiger partial charge on any atom is -0.374 e. The number of hydrogen-bond acceptors (Lipinski definition) is 10. The summed E-state index contributed by atoms with van der Waals surface area (Å²) in [6.45, 7) is -0.264. The zero-order valence-corrected chi connectivity index (χ0v) is 28.6. The number of benzene rings is 4. The lowest BCUT2D eigenvalue weighted by Gasteiger charge is -2.37. The minimum atomic E-state index is -4.05. The molecule has 0 radical (unpaired) electrons. The van der Waals surface area contributed by atoms with Gasteiger partial charge in [0.05, 0.1) is 52.2 Å². The van der Waals surface area contributed by atoms with Crippen LogP contribution in [-0.2, 0) is 74.0 Å². The molecule has 0 aliphatic carbocycles. The highest BCUT2D eigenvalue weighted by Crippen LogP contribution is 2.24. The minimum absolute atomic E-state index is 0.0529. The lowest BCUT2D eigenvalue weighted by atomic mass is 10.0. The molecule has 4 aromatic rings. The Morgan fingerprint density at radius 1 is 0.458 bits per heavy atom. The molecule has 0 fully saturated rings. The second-order valence-electron chi connectivity index (χ2n) is 11.2. The molecule has 0 N–H and O–H groups in total. The van der Waals surface area contributed by atoms with E-state index in [0.29, 0.717) is 0 Å². The van der Waals surface area contributed by atoms with Crippen LogP contribution in [0.2, 0.25) is 0 Å². The number of hydrogen-bond donors (Lipinski definition) is 0. The molecule has 0 heterocycles. The second kappa shape index (κ2) is 18.9. The van der Waals surface area contributed by atoms with Gasteiger partial charge in [0.15, 0.2) is 0 Å². The molecular formula is C36H42O10S2. The molecule has 4 rings (SSSR count). The van der Waals surface area contributed by atoms with Gasteiger partial charge in [-0.2, -0.15) is 16.8 Å². The Hall–Kier alpha value is -3.46. The third kappa shape index (κ3) is 14.0. The van der Waals surface area contributed by atoms with Crippen LogP contribution < -0.4 is 0 Å². The highest BCUT2D eigenvalue weighted by Gasteiger charge is 2.41. The molecule has 0 spiro atoms. The van der Waals surface area contributed by atoms with Crippen LogP contribution in [0.5, 0.6) is 0 Å². The molecule has 0 aliphatic heterocycles. The largest absolute Gasteiger partial charge is 0.374 e. The molecule has 48 heavy (non-hydrogen) atoms. The van der Waals surface area contributed by atoms with Crippen LogP contribution in [0.25, 0.3) is 0 Å². The summed E-state index contributed by atoms with van der Waals surface area (Å²) in [5, 5.41) is 0. The summed E-state index contributed by atoms with van der Waals surface area (Å²) in [6, 6.07) is 37.4. The summed E-state index contributed by atoms with van der Waals surface area (Å²) in [6.07, 6.45) is -2.66. The van der Waals surface area contributed by atoms with Gasteiger partial charge in [-0.25, -0.2) is 0 Å². The number of ether oxygens (including phenoxy) is 4. The quantitative estimate of drug-likeness (QED) is 0.106. The van der Waals surface area contributed by atoms with Crippen molar-refractivity contribution in [3.8, 4) is 0 Å². The third-order valence-electron chi connectivity index (χ3n) is 7.07. The van der Waals surface area contributed by atoms with Crippen LogP contribution in [0.4, 0.5) is 0 Å². The zero-order chi connectivity index (χ0) is 34.2. The zero-order valence-electron chi connectivity index (χ0n) is 27.0. The maximum absolute atomic E-state index is 12.7. The van der Waals surface area contributed by atoms with E-state index >= 15 is 0 Å². The fraction of sp³-hybridized carbons (Fsp3) is 0.333. The molecular weight excluding hydrogens is 657 g/mol. The van der Waals surface area contributed by atoms with E-state index in [9.17, 15) is 16.8 Å². The van der Waals surface area contributed by atoms with Crippen LogP contribution in [-0.4, -0.2) is 67.0 Å². The standard InChI is InChI=1S/C36H42O10S2/c1-47(37,38)45-28-33(42-24-30-17-9-4-10-18-30)35(43-25-31-19-11-5-12-20-31)36(44-26-32-21-13-6-14-22-32)34(46-48(2,39)40)27-41-23-29-15-7-3-8-16-29/h3-22,33-36H,23-28H2,1-2H3/t33-,34-,35-,36-/m1/s1. The molecule has 258 valence electrons. The molecule has 0 bridgehead atoms. The summed E-state index contributed by atoms with van der Waals surface area (Å²) in [5.41, 5.74) is 3.32. The van der Waals surface area contributed by atoms with Gasteiger partial charge in [0, 0.05) is 0 Å². The first-order chi connectivity index (χ1) is 23.1. The molecule has 4 atom stereocenters. The molecule has 10 nitrogen and oxygen atoms in total. The highest BCUT2D eigenvalue weighted by atomic mass is 32.2. The van der Waals surface area contributed by atoms with E-state index in [1.807, 2.05) is 121 Å². The van der Waals surface area contributed by atoms with Crippen molar-refractivity contribution >= 4 is 20.2 Å². The van der Waals surface area contributed by atoms with E-state index in [1.54, 1.807) is 0 Å². The summed E-state index contributed by atoms with van der Waals surface area (Å²) >= 11 is 0. The van der Waals surface area contributed by atoms with Gasteiger partial charge in [-0.3, -0.25) is 8.37 Å². The van der Waals surface area contributed by atoms with Gasteiger partial charge < -0.3 is 18.9 Å². The van der Waals surface area contributed by atoms with E-state index < -0.39 is 51.3 Å². The third-order valence-corrected chi connectivity index (χ3v) is 8.23. The van der Waals surface area contributed by atoms with Crippen molar-refractivity contribution in [2.45, 2.75) is 50.8 Å². The maximum Gasteiger partial charge on any atom is 0.264 e. The smallest absolute Gasteiger partial charge is 0.264 e. The van der Waals surface area contributed by atoms with Gasteiger partial charge in [0.25, 0.3) is 20.2 Å². The van der Waals surface area contributed by atoms with E-state index in [4.69, 9.17) is 27.3 Å². The molecule has 0 amide bonds. The first-order valence-corrected chi connectivity index (χ1v) is 19.0. The van der Waals surface area contributed by atoms with Crippen LogP contribution in [0.15, 0.2) is 121 Å². The summed E-state index contributed by atoms with van der Waals surface area (Å²) in [5.74, 6) is 0. The predicted octanol–water partition coefficient (Wildman–Crippen LogP) is 5.28. The molecule has 0 saturated heterocycles. The molecule has 0 aliphatic rings. The number of rotatable bonds is 21. The van der Waals surface area contributed by atoms with Crippen LogP contribution >= 0.6 is 0 Å². The lowest BCUT2D eigenvalue weighted by molar-refractivity contribution is -0.187. The SMILES string of the molecule is CS(=O)(=O)OC[C@@H](OCc1ccccc1)[C@@H](OCc1ccccc1)[C@H](OCc1ccccc1)[C@@H](COCc1ccccc1)OS(C)(=O)=O. The maximum atomic E-state index is 12.7. The van der Waals surface area contributed by atoms with Gasteiger partial charge in [-0.15, -0.1) is 0 Å². The molecule has 12 heteroatoms. The predicted molar refractivity (Wildman–Crippen MR) is 182 cm³/mol. The summed E-state index contributed by atoms with van der Waals surface area (Å²) in [7, 11) is -7.95. The van der Waals surface area contributed by atoms with Gasteiger partial charge in [0.2, 0.25) is 0 Å². The Morgan fingerprint density at radius 2 is 0.833 bits per heavy atom. The Labute approximate surface area is 283 Å². The van der Waals surface area contributed by atoms with Crippen molar-refractivity contribution < 1.29 is 44.1 Å². The van der Waals surface area contributed by atoms with Crippen molar-refractivity contribution in [2.75, 3.05) is 25.7 Å². The molecule has 4 aromatic carbocycles. The van der Waals surface area contributed by atoms with Crippen molar-refractivity contribution in [2.24, 2.45) is 0 Å². The van der Waals surface area contributed by atoms with Gasteiger partial charge >= 0.3 is 0 Å². The average Bonchev–Trinajstić information content (AvgIpc) is 3.07. The van der Waals surface area contributed by atoms with Gasteiger partial charge in [-0.05, 0) is 22.3 Å². The van der Waals surface area contributed by atoms with E-state index in [1.165, 1.54) is 0 Å². The average molecular weight is 699 g/mol. The Balaban J connectivity index is 1.73. The monoisotopic (exact) mass is 698 g/mol. The fourth-order valence-corrected chi connectivity index (χ4v) is 5.83. The molecule has 0 aromatic heterocycles. The normalized spacial score (nSPS) is 14.6. The molecule has 0 unspecified atom stereocenters. The Kier molecular flexibility index (Phi) is 14.7. The van der Waals surface area contributed by atoms with Crippen molar-refractivity contribution in [1.82, 2.24) is 0 Å². The summed E-state index contributed by atoms with van der Waals surface area (Å²) < 4.78 is 86.0. The van der Waals surface area contributed by atoms with Crippen molar-refractivity contribution in [1.29, 1.82) is 0 Å². The van der Waals surface area contributed by atoms with Gasteiger partial charge in [-0.1, -0.05) is 121 Å². The van der Waals surface area contributed by atoms with Crippen molar-refractivity contribution in [3.63, 3.8) is 0 Å². The van der Waals surface area contributed by atoms with Crippen LogP contribution in [0.3, 0.4) is 0 Å². The van der Waals surface area contributed by atoms with E-state index in [2.05, 4.69) is 0 Å². The second-order valence-corrected chi connectivity index (χ2v) is 14.4. The van der Waals surface area contributed by atoms with E-state index in [0.717, 1.165) is 34.8 Å². The topological polar surface area (TPSA) is 124 Å². The fourth-order valence-electron chi connectivity index (χ4n) is 4.84. The van der Waals surface area contributed by atoms with Gasteiger partial charge in [0.1, 0.15) is 24.4 Å². The Bertz CT molecular complexity index is 1690. The van der Waals surface area contributed by atoms with Crippen LogP contribution in [0.1, 0.15) is 22.3 Å². The van der Waals surface area contributed by atoms with E-state index in [-0.39, 0.29) is 33.0 Å². The van der Waals surface area contributed by atoms with Crippen molar-refractivity contribution in [3.05, 3.63) is 144 Å². The van der Waals surface area contributed by atoms with Crippen LogP contribution in [0, 0.1) is 0 Å². The molecule has 0 saturated carbocycles. The highest BCUT2D eigenvalue weighted by molar-refractivity contribution is 7.86. The summed E-state index contributed by atoms with van der Waals surface area (Å²) in [4.78, 5) is 0. The first-order valence-electron chi connectivity index (χ1n) is 15.4. The lowest BCUT2D eigenvalue weighted by Crippen LogP contribution is -2.52. The first kappa shape index (κ1) is 37.4. The Morgan fingerprint density at radius 3 is 1.23 bits per heavy atom.